The van der Waals surface area contributed by atoms with Crippen LogP contribution in [-0.4, -0.2) is 43.8 Å². The number of aromatic nitrogens is 4. The van der Waals surface area contributed by atoms with Gasteiger partial charge in [-0.3, -0.25) is 5.32 Å². The minimum Gasteiger partial charge on any atom is -0.324 e. The van der Waals surface area contributed by atoms with Crippen molar-refractivity contribution in [2.75, 3.05) is 18.4 Å². The highest BCUT2D eigenvalue weighted by molar-refractivity contribution is 7.13. The Morgan fingerprint density at radius 2 is 2.27 bits per heavy atom. The lowest BCUT2D eigenvalue weighted by Gasteiger charge is -2.32. The van der Waals surface area contributed by atoms with Crippen LogP contribution in [0.2, 0.25) is 0 Å². The van der Waals surface area contributed by atoms with Crippen molar-refractivity contribution in [2.24, 2.45) is 0 Å². The van der Waals surface area contributed by atoms with Crippen LogP contribution in [0.25, 0.3) is 0 Å². The van der Waals surface area contributed by atoms with Gasteiger partial charge in [0, 0.05) is 43.5 Å². The highest BCUT2D eigenvalue weighted by Gasteiger charge is 2.30. The molecule has 2 aromatic heterocycles. The SMILES string of the molecule is O=C(Nc1nccs1)N1CCC[C@@H](c2nnc3n2CCC3)C1. The van der Waals surface area contributed by atoms with Crippen molar-refractivity contribution in [1.29, 1.82) is 0 Å². The molecule has 7 nitrogen and oxygen atoms in total. The predicted octanol–water partition coefficient (Wildman–Crippen LogP) is 2.09. The number of hydrogen-bond donors (Lipinski definition) is 1. The van der Waals surface area contributed by atoms with Gasteiger partial charge in [0.05, 0.1) is 0 Å². The Kier molecular flexibility index (Phi) is 3.53. The van der Waals surface area contributed by atoms with Gasteiger partial charge in [0.2, 0.25) is 0 Å². The second-order valence-electron chi connectivity index (χ2n) is 5.78. The lowest BCUT2D eigenvalue weighted by Crippen LogP contribution is -2.42. The van der Waals surface area contributed by atoms with Crippen LogP contribution in [0, 0.1) is 0 Å². The number of fused-ring (bicyclic) bond motifs is 1. The quantitative estimate of drug-likeness (QED) is 0.920. The molecule has 1 fully saturated rings. The first kappa shape index (κ1) is 13.7. The zero-order valence-electron chi connectivity index (χ0n) is 12.2. The van der Waals surface area contributed by atoms with Crippen LogP contribution in [0.4, 0.5) is 9.93 Å². The van der Waals surface area contributed by atoms with E-state index in [9.17, 15) is 4.79 Å². The summed E-state index contributed by atoms with van der Waals surface area (Å²) in [5.41, 5.74) is 0. The maximum Gasteiger partial charge on any atom is 0.323 e. The van der Waals surface area contributed by atoms with Crippen LogP contribution in [-0.2, 0) is 13.0 Å². The van der Waals surface area contributed by atoms with E-state index in [4.69, 9.17) is 0 Å². The molecule has 0 saturated carbocycles. The number of hydrogen-bond acceptors (Lipinski definition) is 5. The van der Waals surface area contributed by atoms with E-state index in [1.54, 1.807) is 6.20 Å². The van der Waals surface area contributed by atoms with Crippen LogP contribution < -0.4 is 5.32 Å². The van der Waals surface area contributed by atoms with Crippen molar-refractivity contribution in [2.45, 2.75) is 38.1 Å². The van der Waals surface area contributed by atoms with Gasteiger partial charge in [-0.1, -0.05) is 0 Å². The highest BCUT2D eigenvalue weighted by Crippen LogP contribution is 2.28. The molecule has 1 saturated heterocycles. The molecular weight excluding hydrogens is 300 g/mol. The first-order valence-electron chi connectivity index (χ1n) is 7.68. The Morgan fingerprint density at radius 1 is 1.32 bits per heavy atom. The topological polar surface area (TPSA) is 75.9 Å². The molecular formula is C14H18N6OS. The number of nitrogens with one attached hydrogen (secondary N) is 1. The first-order chi connectivity index (χ1) is 10.8. The van der Waals surface area contributed by atoms with Gasteiger partial charge < -0.3 is 9.47 Å². The van der Waals surface area contributed by atoms with E-state index in [0.717, 1.165) is 50.4 Å². The standard InChI is InChI=1S/C14H18N6OS/c21-14(16-13-15-5-8-22-13)19-6-1-3-10(9-19)12-18-17-11-4-2-7-20(11)12/h5,8,10H,1-4,6-7,9H2,(H,15,16,21)/t10-/m1/s1. The predicted molar refractivity (Wildman–Crippen MR) is 83.0 cm³/mol. The van der Waals surface area contributed by atoms with E-state index in [2.05, 4.69) is 25.1 Å². The summed E-state index contributed by atoms with van der Waals surface area (Å²) in [7, 11) is 0. The number of urea groups is 1. The molecule has 0 unspecified atom stereocenters. The number of carbonyl (C=O) groups is 1. The zero-order valence-corrected chi connectivity index (χ0v) is 13.1. The van der Waals surface area contributed by atoms with E-state index in [1.165, 1.54) is 11.3 Å². The first-order valence-corrected chi connectivity index (χ1v) is 8.56. The Labute approximate surface area is 132 Å². The van der Waals surface area contributed by atoms with Gasteiger partial charge in [-0.15, -0.1) is 21.5 Å². The van der Waals surface area contributed by atoms with Crippen LogP contribution in [0.3, 0.4) is 0 Å². The summed E-state index contributed by atoms with van der Waals surface area (Å²) in [6.07, 6.45) is 5.93. The molecule has 1 atom stereocenters. The minimum atomic E-state index is -0.0687. The van der Waals surface area contributed by atoms with Crippen molar-refractivity contribution in [3.63, 3.8) is 0 Å². The highest BCUT2D eigenvalue weighted by atomic mass is 32.1. The average molecular weight is 318 g/mol. The number of anilines is 1. The number of carbonyl (C=O) groups excluding carboxylic acids is 1. The second kappa shape index (κ2) is 5.68. The monoisotopic (exact) mass is 318 g/mol. The van der Waals surface area contributed by atoms with Crippen LogP contribution in [0.1, 0.15) is 36.8 Å². The molecule has 2 amide bonds. The van der Waals surface area contributed by atoms with Crippen LogP contribution in [0.15, 0.2) is 11.6 Å². The molecule has 4 rings (SSSR count). The Bertz CT molecular complexity index is 667. The number of nitrogens with zero attached hydrogens (tertiary/aromatic N) is 5. The second-order valence-corrected chi connectivity index (χ2v) is 6.68. The van der Waals surface area contributed by atoms with E-state index in [-0.39, 0.29) is 11.9 Å². The summed E-state index contributed by atoms with van der Waals surface area (Å²) in [6.45, 7) is 2.50. The molecule has 0 radical (unpaired) electrons. The maximum atomic E-state index is 12.4. The molecule has 1 N–H and O–H groups in total. The molecule has 4 heterocycles. The zero-order chi connectivity index (χ0) is 14.9. The lowest BCUT2D eigenvalue weighted by atomic mass is 9.97. The van der Waals surface area contributed by atoms with E-state index in [0.29, 0.717) is 11.7 Å². The van der Waals surface area contributed by atoms with Gasteiger partial charge in [0.1, 0.15) is 11.6 Å². The van der Waals surface area contributed by atoms with Crippen molar-refractivity contribution < 1.29 is 4.79 Å². The maximum absolute atomic E-state index is 12.4. The van der Waals surface area contributed by atoms with Gasteiger partial charge in [-0.05, 0) is 19.3 Å². The summed E-state index contributed by atoms with van der Waals surface area (Å²) in [4.78, 5) is 18.3. The molecule has 0 aromatic carbocycles. The number of amides is 2. The van der Waals surface area contributed by atoms with Crippen molar-refractivity contribution in [3.05, 3.63) is 23.2 Å². The Morgan fingerprint density at radius 3 is 3.14 bits per heavy atom. The van der Waals surface area contributed by atoms with Gasteiger partial charge in [0.25, 0.3) is 0 Å². The number of thiazole rings is 1. The van der Waals surface area contributed by atoms with Crippen molar-refractivity contribution >= 4 is 22.5 Å². The lowest BCUT2D eigenvalue weighted by molar-refractivity contribution is 0.190. The summed E-state index contributed by atoms with van der Waals surface area (Å²) in [6, 6.07) is -0.0687. The molecule has 0 aliphatic carbocycles. The molecule has 2 aliphatic rings. The van der Waals surface area contributed by atoms with E-state index < -0.39 is 0 Å². The number of piperidine rings is 1. The Balaban J connectivity index is 1.46. The number of likely N-dealkylation sites (tertiary alicyclic amines) is 1. The summed E-state index contributed by atoms with van der Waals surface area (Å²) in [5, 5.41) is 14.0. The fourth-order valence-corrected chi connectivity index (χ4v) is 3.82. The number of rotatable bonds is 2. The molecule has 22 heavy (non-hydrogen) atoms. The summed E-state index contributed by atoms with van der Waals surface area (Å²) >= 11 is 1.43. The third-order valence-corrected chi connectivity index (χ3v) is 5.05. The fourth-order valence-electron chi connectivity index (χ4n) is 3.30. The van der Waals surface area contributed by atoms with E-state index >= 15 is 0 Å². The molecule has 116 valence electrons. The van der Waals surface area contributed by atoms with E-state index in [1.807, 2.05) is 10.3 Å². The third-order valence-electron chi connectivity index (χ3n) is 4.36. The average Bonchev–Trinajstić information content (AvgIpc) is 3.25. The Hall–Kier alpha value is -1.96. The number of aryl methyl sites for hydroxylation is 1. The van der Waals surface area contributed by atoms with Gasteiger partial charge >= 0.3 is 6.03 Å². The molecule has 2 aromatic rings. The summed E-state index contributed by atoms with van der Waals surface area (Å²) in [5.74, 6) is 2.44. The van der Waals surface area contributed by atoms with Crippen LogP contribution in [0.5, 0.6) is 0 Å². The molecule has 0 spiro atoms. The van der Waals surface area contributed by atoms with Crippen molar-refractivity contribution in [1.82, 2.24) is 24.6 Å². The largest absolute Gasteiger partial charge is 0.324 e. The smallest absolute Gasteiger partial charge is 0.323 e. The van der Waals surface area contributed by atoms with Crippen molar-refractivity contribution in [3.8, 4) is 0 Å². The third kappa shape index (κ3) is 2.47. The van der Waals surface area contributed by atoms with Gasteiger partial charge in [-0.25, -0.2) is 9.78 Å². The molecule has 8 heteroatoms. The fraction of sp³-hybridized carbons (Fsp3) is 0.571. The summed E-state index contributed by atoms with van der Waals surface area (Å²) < 4.78 is 2.24. The molecule has 2 aliphatic heterocycles. The minimum absolute atomic E-state index is 0.0687. The normalized spacial score (nSPS) is 20.9. The van der Waals surface area contributed by atoms with Gasteiger partial charge in [-0.2, -0.15) is 0 Å². The molecule has 0 bridgehead atoms. The van der Waals surface area contributed by atoms with Gasteiger partial charge in [0.15, 0.2) is 5.13 Å². The van der Waals surface area contributed by atoms with Crippen LogP contribution >= 0.6 is 11.3 Å².